The SMILES string of the molecule is C=C(OCCO)C(C)CC.CCC(C)(C)C(=O)OCCO. The first kappa shape index (κ1) is 22.2. The Morgan fingerprint density at radius 2 is 1.62 bits per heavy atom. The van der Waals surface area contributed by atoms with Crippen molar-refractivity contribution < 1.29 is 24.5 Å². The van der Waals surface area contributed by atoms with E-state index in [4.69, 9.17) is 19.7 Å². The van der Waals surface area contributed by atoms with Gasteiger partial charge in [0, 0.05) is 5.92 Å². The van der Waals surface area contributed by atoms with E-state index in [2.05, 4.69) is 20.4 Å². The molecule has 5 heteroatoms. The van der Waals surface area contributed by atoms with Crippen molar-refractivity contribution in [1.29, 1.82) is 0 Å². The summed E-state index contributed by atoms with van der Waals surface area (Å²) in [4.78, 5) is 11.1. The molecular formula is C16H32O5. The van der Waals surface area contributed by atoms with Crippen LogP contribution in [0.5, 0.6) is 0 Å². The highest BCUT2D eigenvalue weighted by molar-refractivity contribution is 5.75. The van der Waals surface area contributed by atoms with Crippen LogP contribution in [0.3, 0.4) is 0 Å². The number of esters is 1. The van der Waals surface area contributed by atoms with Crippen molar-refractivity contribution in [2.45, 2.75) is 47.5 Å². The van der Waals surface area contributed by atoms with Gasteiger partial charge in [-0.15, -0.1) is 0 Å². The molecule has 0 fully saturated rings. The number of hydrogen-bond donors (Lipinski definition) is 2. The van der Waals surface area contributed by atoms with Crippen LogP contribution < -0.4 is 0 Å². The van der Waals surface area contributed by atoms with Gasteiger partial charge >= 0.3 is 5.97 Å². The van der Waals surface area contributed by atoms with Crippen LogP contribution in [-0.4, -0.2) is 42.6 Å². The molecule has 0 radical (unpaired) electrons. The molecule has 21 heavy (non-hydrogen) atoms. The maximum atomic E-state index is 11.1. The van der Waals surface area contributed by atoms with Gasteiger partial charge in [-0.25, -0.2) is 0 Å². The Hall–Kier alpha value is -1.07. The third-order valence-electron chi connectivity index (χ3n) is 3.30. The number of rotatable bonds is 9. The van der Waals surface area contributed by atoms with E-state index >= 15 is 0 Å². The predicted molar refractivity (Wildman–Crippen MR) is 83.7 cm³/mol. The van der Waals surface area contributed by atoms with E-state index in [1.165, 1.54) is 0 Å². The first-order chi connectivity index (χ1) is 9.76. The smallest absolute Gasteiger partial charge is 0.311 e. The van der Waals surface area contributed by atoms with Crippen LogP contribution in [0.15, 0.2) is 12.3 Å². The molecule has 0 aliphatic rings. The van der Waals surface area contributed by atoms with Gasteiger partial charge in [-0.05, 0) is 26.7 Å². The van der Waals surface area contributed by atoms with Crippen molar-refractivity contribution in [3.8, 4) is 0 Å². The van der Waals surface area contributed by atoms with Crippen LogP contribution >= 0.6 is 0 Å². The molecule has 2 N–H and O–H groups in total. The standard InChI is InChI=1S/C8H16O3.C8H16O2/c1-4-8(2,3)7(10)11-6-5-9;1-4-7(2)8(3)10-6-5-9/h9H,4-6H2,1-3H3;7,9H,3-6H2,1-2H3. The fourth-order valence-corrected chi connectivity index (χ4v) is 1.02. The van der Waals surface area contributed by atoms with E-state index in [0.717, 1.165) is 18.6 Å². The van der Waals surface area contributed by atoms with E-state index < -0.39 is 5.41 Å². The molecule has 0 aromatic rings. The highest BCUT2D eigenvalue weighted by Gasteiger charge is 2.26. The Balaban J connectivity index is 0. The molecule has 0 aromatic heterocycles. The molecule has 126 valence electrons. The fraction of sp³-hybridized carbons (Fsp3) is 0.812. The molecule has 0 amide bonds. The maximum absolute atomic E-state index is 11.1. The van der Waals surface area contributed by atoms with Crippen molar-refractivity contribution in [3.63, 3.8) is 0 Å². The zero-order chi connectivity index (χ0) is 16.9. The van der Waals surface area contributed by atoms with Crippen molar-refractivity contribution in [3.05, 3.63) is 12.3 Å². The molecule has 0 aliphatic heterocycles. The number of hydrogen-bond acceptors (Lipinski definition) is 5. The van der Waals surface area contributed by atoms with Crippen LogP contribution in [0.1, 0.15) is 47.5 Å². The Morgan fingerprint density at radius 3 is 2.00 bits per heavy atom. The summed E-state index contributed by atoms with van der Waals surface area (Å²) in [6.07, 6.45) is 1.78. The van der Waals surface area contributed by atoms with Crippen LogP contribution in [-0.2, 0) is 14.3 Å². The van der Waals surface area contributed by atoms with Crippen molar-refractivity contribution in [1.82, 2.24) is 0 Å². The molecule has 0 rings (SSSR count). The molecule has 1 atom stereocenters. The summed E-state index contributed by atoms with van der Waals surface area (Å²) in [5, 5.41) is 16.8. The van der Waals surface area contributed by atoms with Gasteiger partial charge in [0.15, 0.2) is 0 Å². The van der Waals surface area contributed by atoms with Crippen molar-refractivity contribution in [2.75, 3.05) is 26.4 Å². The third-order valence-corrected chi connectivity index (χ3v) is 3.30. The zero-order valence-electron chi connectivity index (χ0n) is 14.1. The van der Waals surface area contributed by atoms with Gasteiger partial charge < -0.3 is 19.7 Å². The number of aliphatic hydroxyl groups is 2. The monoisotopic (exact) mass is 304 g/mol. The van der Waals surface area contributed by atoms with Crippen molar-refractivity contribution >= 4 is 5.97 Å². The Kier molecular flexibility index (Phi) is 13.4. The molecular weight excluding hydrogens is 272 g/mol. The first-order valence-corrected chi connectivity index (χ1v) is 7.47. The second kappa shape index (κ2) is 12.7. The van der Waals surface area contributed by atoms with E-state index in [9.17, 15) is 4.79 Å². The van der Waals surface area contributed by atoms with Gasteiger partial charge in [0.05, 0.1) is 24.4 Å². The Morgan fingerprint density at radius 1 is 1.14 bits per heavy atom. The average molecular weight is 304 g/mol. The molecule has 5 nitrogen and oxygen atoms in total. The molecule has 0 heterocycles. The van der Waals surface area contributed by atoms with E-state index in [1.807, 2.05) is 20.8 Å². The largest absolute Gasteiger partial charge is 0.496 e. The first-order valence-electron chi connectivity index (χ1n) is 7.47. The average Bonchev–Trinajstić information content (AvgIpc) is 2.49. The minimum atomic E-state index is -0.421. The second-order valence-electron chi connectivity index (χ2n) is 5.44. The molecule has 1 unspecified atom stereocenters. The maximum Gasteiger partial charge on any atom is 0.311 e. The van der Waals surface area contributed by atoms with Crippen LogP contribution in [0.2, 0.25) is 0 Å². The number of ether oxygens (including phenoxy) is 2. The van der Waals surface area contributed by atoms with Crippen LogP contribution in [0, 0.1) is 11.3 Å². The van der Waals surface area contributed by atoms with Gasteiger partial charge in [0.25, 0.3) is 0 Å². The highest BCUT2D eigenvalue weighted by Crippen LogP contribution is 2.21. The lowest BCUT2D eigenvalue weighted by Crippen LogP contribution is -2.26. The summed E-state index contributed by atoms with van der Waals surface area (Å²) < 4.78 is 9.86. The quantitative estimate of drug-likeness (QED) is 0.505. The Labute approximate surface area is 129 Å². The minimum Gasteiger partial charge on any atom is -0.496 e. The molecule has 0 spiro atoms. The summed E-state index contributed by atoms with van der Waals surface area (Å²) in [5.74, 6) is 0.928. The second-order valence-corrected chi connectivity index (χ2v) is 5.44. The molecule has 0 saturated heterocycles. The molecule has 0 aromatic carbocycles. The van der Waals surface area contributed by atoms with Crippen molar-refractivity contribution in [2.24, 2.45) is 11.3 Å². The lowest BCUT2D eigenvalue weighted by molar-refractivity contribution is -0.155. The van der Waals surface area contributed by atoms with Crippen LogP contribution in [0.4, 0.5) is 0 Å². The van der Waals surface area contributed by atoms with Gasteiger partial charge in [-0.1, -0.05) is 27.4 Å². The third kappa shape index (κ3) is 11.3. The molecule has 0 aliphatic carbocycles. The highest BCUT2D eigenvalue weighted by atomic mass is 16.5. The topological polar surface area (TPSA) is 76.0 Å². The van der Waals surface area contributed by atoms with Gasteiger partial charge in [0.1, 0.15) is 13.2 Å². The van der Waals surface area contributed by atoms with E-state index in [-0.39, 0.29) is 25.8 Å². The fourth-order valence-electron chi connectivity index (χ4n) is 1.02. The zero-order valence-corrected chi connectivity index (χ0v) is 14.1. The minimum absolute atomic E-state index is 0.0649. The van der Waals surface area contributed by atoms with Gasteiger partial charge in [-0.2, -0.15) is 0 Å². The number of aliphatic hydroxyl groups excluding tert-OH is 2. The summed E-state index contributed by atoms with van der Waals surface area (Å²) in [6.45, 7) is 13.9. The Bertz CT molecular complexity index is 286. The molecule has 0 bridgehead atoms. The molecule has 0 saturated carbocycles. The normalized spacial score (nSPS) is 12.0. The van der Waals surface area contributed by atoms with Gasteiger partial charge in [0.2, 0.25) is 0 Å². The van der Waals surface area contributed by atoms with E-state index in [0.29, 0.717) is 12.5 Å². The van der Waals surface area contributed by atoms with E-state index in [1.54, 1.807) is 0 Å². The summed E-state index contributed by atoms with van der Waals surface area (Å²) in [6, 6.07) is 0. The van der Waals surface area contributed by atoms with Crippen LogP contribution in [0.25, 0.3) is 0 Å². The number of allylic oxidation sites excluding steroid dienone is 1. The van der Waals surface area contributed by atoms with Gasteiger partial charge in [-0.3, -0.25) is 4.79 Å². The number of carbonyl (C=O) groups is 1. The number of carbonyl (C=O) groups excluding carboxylic acids is 1. The summed E-state index contributed by atoms with van der Waals surface area (Å²) >= 11 is 0. The lowest BCUT2D eigenvalue weighted by atomic mass is 9.91. The summed E-state index contributed by atoms with van der Waals surface area (Å²) in [7, 11) is 0. The lowest BCUT2D eigenvalue weighted by Gasteiger charge is -2.19. The summed E-state index contributed by atoms with van der Waals surface area (Å²) in [5.41, 5.74) is -0.421. The predicted octanol–water partition coefficient (Wildman–Crippen LogP) is 2.51.